The van der Waals surface area contributed by atoms with E-state index in [2.05, 4.69) is 0 Å². The second kappa shape index (κ2) is 4.68. The molecule has 0 unspecified atom stereocenters. The van der Waals surface area contributed by atoms with Crippen LogP contribution < -0.4 is 4.90 Å². The molecule has 1 N–H and O–H groups in total. The van der Waals surface area contributed by atoms with Gasteiger partial charge < -0.3 is 10.0 Å². The summed E-state index contributed by atoms with van der Waals surface area (Å²) in [7, 11) is 0. The predicted octanol–water partition coefficient (Wildman–Crippen LogP) is 1.47. The van der Waals surface area contributed by atoms with Crippen LogP contribution in [0.5, 0.6) is 0 Å². The van der Waals surface area contributed by atoms with Crippen LogP contribution in [-0.2, 0) is 9.59 Å². The molecule has 19 heavy (non-hydrogen) atoms. The summed E-state index contributed by atoms with van der Waals surface area (Å²) in [6.45, 7) is 3.67. The van der Waals surface area contributed by atoms with Gasteiger partial charge in [0, 0.05) is 12.6 Å². The van der Waals surface area contributed by atoms with Gasteiger partial charge >= 0.3 is 5.97 Å². The fourth-order valence-electron chi connectivity index (χ4n) is 2.19. The fourth-order valence-corrected chi connectivity index (χ4v) is 2.19. The molecule has 0 fully saturated rings. The van der Waals surface area contributed by atoms with Gasteiger partial charge in [0.2, 0.25) is 0 Å². The summed E-state index contributed by atoms with van der Waals surface area (Å²) >= 11 is 0. The highest BCUT2D eigenvalue weighted by Gasteiger charge is 2.37. The average Bonchev–Trinajstić information content (AvgIpc) is 2.59. The number of Topliss-reactive ketones (excluding diaryl/α,β-unsaturated/α-hetero) is 1. The third-order valence-electron chi connectivity index (χ3n) is 3.07. The van der Waals surface area contributed by atoms with Crippen molar-refractivity contribution in [3.63, 3.8) is 0 Å². The number of anilines is 1. The lowest BCUT2D eigenvalue weighted by Gasteiger charge is -2.16. The Balaban J connectivity index is 2.44. The number of benzene rings is 1. The smallest absolute Gasteiger partial charge is 0.328 e. The predicted molar refractivity (Wildman–Crippen MR) is 69.4 cm³/mol. The Labute approximate surface area is 110 Å². The molecule has 0 radical (unpaired) electrons. The zero-order valence-electron chi connectivity index (χ0n) is 10.6. The number of hydrogen-bond donors (Lipinski definition) is 1. The molecule has 1 heterocycles. The van der Waals surface area contributed by atoms with Gasteiger partial charge in [0.25, 0.3) is 11.7 Å². The van der Waals surface area contributed by atoms with E-state index < -0.39 is 17.7 Å². The lowest BCUT2D eigenvalue weighted by atomic mass is 10.0. The van der Waals surface area contributed by atoms with Crippen molar-refractivity contribution in [2.24, 2.45) is 0 Å². The molecule has 98 valence electrons. The molecule has 0 aromatic heterocycles. The molecular formula is C14H13NO4. The molecule has 5 nitrogen and oxygen atoms in total. The van der Waals surface area contributed by atoms with Crippen LogP contribution in [0.4, 0.5) is 5.69 Å². The number of carboxylic acids is 1. The molecule has 0 saturated carbocycles. The molecule has 0 bridgehead atoms. The fraction of sp³-hybridized carbons (Fsp3) is 0.214. The Kier molecular flexibility index (Phi) is 3.21. The molecule has 1 amide bonds. The number of nitrogens with zero attached hydrogens (tertiary/aromatic N) is 1. The van der Waals surface area contributed by atoms with Gasteiger partial charge in [0.15, 0.2) is 0 Å². The highest BCUT2D eigenvalue weighted by atomic mass is 16.4. The SMILES string of the molecule is Cc1ccc(C)c2c1C(=O)C(=O)N2CC=CC(=O)O. The first-order valence-corrected chi connectivity index (χ1v) is 5.79. The van der Waals surface area contributed by atoms with Gasteiger partial charge in [0.05, 0.1) is 11.3 Å². The molecule has 1 aromatic rings. The standard InChI is InChI=1S/C14H13NO4/c1-8-5-6-9(2)12-11(8)13(18)14(19)15(12)7-3-4-10(16)17/h3-6H,7H2,1-2H3,(H,16,17). The molecular weight excluding hydrogens is 246 g/mol. The lowest BCUT2D eigenvalue weighted by molar-refractivity contribution is -0.131. The van der Waals surface area contributed by atoms with Crippen molar-refractivity contribution in [3.05, 3.63) is 41.0 Å². The van der Waals surface area contributed by atoms with Crippen LogP contribution in [0, 0.1) is 13.8 Å². The van der Waals surface area contributed by atoms with Gasteiger partial charge in [0.1, 0.15) is 0 Å². The van der Waals surface area contributed by atoms with E-state index in [0.717, 1.165) is 17.2 Å². The van der Waals surface area contributed by atoms with Crippen LogP contribution in [-0.4, -0.2) is 29.3 Å². The Morgan fingerprint density at radius 2 is 1.89 bits per heavy atom. The molecule has 2 rings (SSSR count). The quantitative estimate of drug-likeness (QED) is 0.659. The summed E-state index contributed by atoms with van der Waals surface area (Å²) in [6, 6.07) is 3.64. The van der Waals surface area contributed by atoms with Crippen molar-refractivity contribution in [2.45, 2.75) is 13.8 Å². The van der Waals surface area contributed by atoms with Crippen LogP contribution in [0.2, 0.25) is 0 Å². The third kappa shape index (κ3) is 2.14. The van der Waals surface area contributed by atoms with E-state index in [1.165, 1.54) is 11.0 Å². The molecule has 5 heteroatoms. The Morgan fingerprint density at radius 1 is 1.26 bits per heavy atom. The average molecular weight is 259 g/mol. The maximum Gasteiger partial charge on any atom is 0.328 e. The van der Waals surface area contributed by atoms with Gasteiger partial charge in [-0.05, 0) is 25.0 Å². The zero-order chi connectivity index (χ0) is 14.2. The summed E-state index contributed by atoms with van der Waals surface area (Å²) in [5, 5.41) is 8.54. The van der Waals surface area contributed by atoms with E-state index in [1.54, 1.807) is 13.0 Å². The second-order valence-electron chi connectivity index (χ2n) is 4.41. The largest absolute Gasteiger partial charge is 0.478 e. The second-order valence-corrected chi connectivity index (χ2v) is 4.41. The first-order valence-electron chi connectivity index (χ1n) is 5.79. The minimum absolute atomic E-state index is 0.0775. The van der Waals surface area contributed by atoms with E-state index in [0.29, 0.717) is 11.3 Å². The van der Waals surface area contributed by atoms with Crippen molar-refractivity contribution in [3.8, 4) is 0 Å². The maximum atomic E-state index is 11.9. The molecule has 0 spiro atoms. The summed E-state index contributed by atoms with van der Waals surface area (Å²) in [5.41, 5.74) is 2.59. The summed E-state index contributed by atoms with van der Waals surface area (Å²) in [5.74, 6) is -2.22. The summed E-state index contributed by atoms with van der Waals surface area (Å²) < 4.78 is 0. The van der Waals surface area contributed by atoms with Crippen LogP contribution in [0.3, 0.4) is 0 Å². The molecule has 1 aliphatic rings. The molecule has 0 atom stereocenters. The minimum atomic E-state index is -1.08. The third-order valence-corrected chi connectivity index (χ3v) is 3.07. The Hall–Kier alpha value is -2.43. The number of aliphatic carboxylic acids is 1. The molecule has 0 saturated heterocycles. The highest BCUT2D eigenvalue weighted by molar-refractivity contribution is 6.52. The monoisotopic (exact) mass is 259 g/mol. The Morgan fingerprint density at radius 3 is 2.53 bits per heavy atom. The van der Waals surface area contributed by atoms with Crippen molar-refractivity contribution < 1.29 is 19.5 Å². The van der Waals surface area contributed by atoms with Crippen molar-refractivity contribution in [2.75, 3.05) is 11.4 Å². The van der Waals surface area contributed by atoms with Crippen LogP contribution in [0.25, 0.3) is 0 Å². The lowest BCUT2D eigenvalue weighted by Crippen LogP contribution is -2.30. The number of aryl methyl sites for hydroxylation is 2. The van der Waals surface area contributed by atoms with Crippen molar-refractivity contribution in [1.29, 1.82) is 0 Å². The van der Waals surface area contributed by atoms with E-state index in [4.69, 9.17) is 5.11 Å². The van der Waals surface area contributed by atoms with Crippen LogP contribution in [0.1, 0.15) is 21.5 Å². The number of ketones is 1. The normalized spacial score (nSPS) is 14.3. The van der Waals surface area contributed by atoms with E-state index in [1.807, 2.05) is 13.0 Å². The van der Waals surface area contributed by atoms with Gasteiger partial charge in [-0.15, -0.1) is 0 Å². The first-order chi connectivity index (χ1) is 8.93. The number of fused-ring (bicyclic) bond motifs is 1. The number of carbonyl (C=O) groups excluding carboxylic acids is 2. The van der Waals surface area contributed by atoms with Crippen LogP contribution in [0.15, 0.2) is 24.3 Å². The molecule has 0 aliphatic carbocycles. The van der Waals surface area contributed by atoms with Crippen molar-refractivity contribution in [1.82, 2.24) is 0 Å². The van der Waals surface area contributed by atoms with E-state index in [9.17, 15) is 14.4 Å². The Bertz CT molecular complexity index is 616. The maximum absolute atomic E-state index is 11.9. The topological polar surface area (TPSA) is 74.7 Å². The minimum Gasteiger partial charge on any atom is -0.478 e. The summed E-state index contributed by atoms with van der Waals surface area (Å²) in [6.07, 6.45) is 2.31. The highest BCUT2D eigenvalue weighted by Crippen LogP contribution is 2.34. The van der Waals surface area contributed by atoms with E-state index in [-0.39, 0.29) is 6.54 Å². The van der Waals surface area contributed by atoms with E-state index >= 15 is 0 Å². The number of hydrogen-bond acceptors (Lipinski definition) is 3. The number of carbonyl (C=O) groups is 3. The van der Waals surface area contributed by atoms with Crippen molar-refractivity contribution >= 4 is 23.3 Å². The van der Waals surface area contributed by atoms with Crippen LogP contribution >= 0.6 is 0 Å². The first kappa shape index (κ1) is 13.0. The van der Waals surface area contributed by atoms with Gasteiger partial charge in [-0.3, -0.25) is 9.59 Å². The van der Waals surface area contributed by atoms with Gasteiger partial charge in [-0.1, -0.05) is 18.2 Å². The zero-order valence-corrected chi connectivity index (χ0v) is 10.6. The molecule has 1 aliphatic heterocycles. The number of carboxylic acid groups (broad SMARTS) is 1. The van der Waals surface area contributed by atoms with Gasteiger partial charge in [-0.25, -0.2) is 4.79 Å². The summed E-state index contributed by atoms with van der Waals surface area (Å²) in [4.78, 5) is 35.6. The molecule has 1 aromatic carbocycles. The van der Waals surface area contributed by atoms with Gasteiger partial charge in [-0.2, -0.15) is 0 Å². The number of amides is 1. The number of rotatable bonds is 3.